The summed E-state index contributed by atoms with van der Waals surface area (Å²) in [5.41, 5.74) is 1.59. The zero-order chi connectivity index (χ0) is 20.5. The van der Waals surface area contributed by atoms with Gasteiger partial charge in [0.25, 0.3) is 5.91 Å². The van der Waals surface area contributed by atoms with E-state index in [4.69, 9.17) is 18.1 Å². The Morgan fingerprint density at radius 2 is 2.07 bits per heavy atom. The van der Waals surface area contributed by atoms with Crippen molar-refractivity contribution in [1.82, 2.24) is 15.5 Å². The molecule has 1 aromatic carbocycles. The van der Waals surface area contributed by atoms with Crippen LogP contribution in [-0.4, -0.2) is 23.2 Å². The lowest BCUT2D eigenvalue weighted by atomic mass is 10.0. The summed E-state index contributed by atoms with van der Waals surface area (Å²) in [5, 5.41) is 7.87. The first-order valence-electron chi connectivity index (χ1n) is 9.23. The summed E-state index contributed by atoms with van der Waals surface area (Å²) in [6.45, 7) is 5.83. The van der Waals surface area contributed by atoms with Crippen LogP contribution in [0.5, 0.6) is 5.75 Å². The zero-order valence-electron chi connectivity index (χ0n) is 16.6. The number of furan rings is 2. The maximum atomic E-state index is 12.4. The van der Waals surface area contributed by atoms with Crippen LogP contribution >= 0.6 is 0 Å². The van der Waals surface area contributed by atoms with Gasteiger partial charge in [-0.3, -0.25) is 4.79 Å². The van der Waals surface area contributed by atoms with Crippen molar-refractivity contribution >= 4 is 16.9 Å². The smallest absolute Gasteiger partial charge is 0.287 e. The van der Waals surface area contributed by atoms with Crippen LogP contribution in [0.15, 0.2) is 50.0 Å². The van der Waals surface area contributed by atoms with Crippen LogP contribution in [0.3, 0.4) is 0 Å². The summed E-state index contributed by atoms with van der Waals surface area (Å²) < 4.78 is 21.8. The van der Waals surface area contributed by atoms with E-state index in [1.54, 1.807) is 19.2 Å². The molecule has 150 valence electrons. The van der Waals surface area contributed by atoms with Gasteiger partial charge in [0.05, 0.1) is 13.4 Å². The highest BCUT2D eigenvalue weighted by atomic mass is 16.5. The second kappa shape index (κ2) is 7.46. The van der Waals surface area contributed by atoms with Crippen molar-refractivity contribution in [3.05, 3.63) is 53.8 Å². The van der Waals surface area contributed by atoms with Gasteiger partial charge < -0.3 is 23.4 Å². The maximum Gasteiger partial charge on any atom is 0.287 e. The van der Waals surface area contributed by atoms with Crippen LogP contribution in [0.4, 0.5) is 0 Å². The molecule has 4 aromatic rings. The van der Waals surface area contributed by atoms with E-state index < -0.39 is 6.04 Å². The van der Waals surface area contributed by atoms with Crippen molar-refractivity contribution in [3.8, 4) is 17.3 Å². The molecule has 0 aliphatic heterocycles. The Hall–Kier alpha value is -3.55. The molecular formula is C21H21N3O5. The molecule has 3 aromatic heterocycles. The minimum atomic E-state index is -0.473. The molecule has 0 bridgehead atoms. The number of fused-ring (bicyclic) bond motifs is 1. The number of aromatic nitrogens is 2. The first kappa shape index (κ1) is 18.8. The Bertz CT molecular complexity index is 1140. The predicted octanol–water partition coefficient (Wildman–Crippen LogP) is 4.52. The molecule has 29 heavy (non-hydrogen) atoms. The van der Waals surface area contributed by atoms with E-state index in [0.29, 0.717) is 23.1 Å². The maximum absolute atomic E-state index is 12.4. The normalized spacial score (nSPS) is 12.4. The molecular weight excluding hydrogens is 374 g/mol. The summed E-state index contributed by atoms with van der Waals surface area (Å²) in [7, 11) is 1.62. The SMILES string of the molecule is COc1ccc2oc(-c3noc([C@@H](NC(=O)c4ccco4)C(C)C)n3)c(C)c2c1. The van der Waals surface area contributed by atoms with Crippen LogP contribution < -0.4 is 10.1 Å². The number of hydrogen-bond acceptors (Lipinski definition) is 7. The van der Waals surface area contributed by atoms with Crippen molar-refractivity contribution < 1.29 is 22.9 Å². The second-order valence-electron chi connectivity index (χ2n) is 7.05. The first-order chi connectivity index (χ1) is 14.0. The Morgan fingerprint density at radius 1 is 1.24 bits per heavy atom. The largest absolute Gasteiger partial charge is 0.497 e. The molecule has 8 nitrogen and oxygen atoms in total. The van der Waals surface area contributed by atoms with Gasteiger partial charge in [-0.1, -0.05) is 19.0 Å². The topological polar surface area (TPSA) is 104 Å². The summed E-state index contributed by atoms with van der Waals surface area (Å²) >= 11 is 0. The number of methoxy groups -OCH3 is 1. The fraction of sp³-hybridized carbons (Fsp3) is 0.286. The van der Waals surface area contributed by atoms with E-state index in [2.05, 4.69) is 15.5 Å². The number of nitrogens with one attached hydrogen (secondary N) is 1. The van der Waals surface area contributed by atoms with Gasteiger partial charge in [-0.2, -0.15) is 4.98 Å². The van der Waals surface area contributed by atoms with Crippen molar-refractivity contribution in [3.63, 3.8) is 0 Å². The van der Waals surface area contributed by atoms with Gasteiger partial charge in [0.1, 0.15) is 17.4 Å². The van der Waals surface area contributed by atoms with Crippen molar-refractivity contribution in [1.29, 1.82) is 0 Å². The quantitative estimate of drug-likeness (QED) is 0.512. The van der Waals surface area contributed by atoms with Crippen LogP contribution in [0, 0.1) is 12.8 Å². The highest BCUT2D eigenvalue weighted by molar-refractivity contribution is 5.91. The Morgan fingerprint density at radius 3 is 2.76 bits per heavy atom. The number of carbonyl (C=O) groups excluding carboxylic acids is 1. The predicted molar refractivity (Wildman–Crippen MR) is 105 cm³/mol. The van der Waals surface area contributed by atoms with E-state index in [1.165, 1.54) is 6.26 Å². The first-order valence-corrected chi connectivity index (χ1v) is 9.23. The van der Waals surface area contributed by atoms with E-state index in [1.807, 2.05) is 39.0 Å². The summed E-state index contributed by atoms with van der Waals surface area (Å²) in [4.78, 5) is 16.9. The molecule has 8 heteroatoms. The molecule has 0 aliphatic rings. The molecule has 1 N–H and O–H groups in total. The highest BCUT2D eigenvalue weighted by Crippen LogP contribution is 2.34. The monoisotopic (exact) mass is 395 g/mol. The van der Waals surface area contributed by atoms with Crippen LogP contribution in [0.25, 0.3) is 22.6 Å². The Labute approximate surface area is 166 Å². The summed E-state index contributed by atoms with van der Waals surface area (Å²) in [6, 6.07) is 8.35. The molecule has 1 atom stereocenters. The Balaban J connectivity index is 1.65. The summed E-state index contributed by atoms with van der Waals surface area (Å²) in [5.74, 6) is 1.77. The third-order valence-corrected chi connectivity index (χ3v) is 4.75. The number of amides is 1. The third-order valence-electron chi connectivity index (χ3n) is 4.75. The van der Waals surface area contributed by atoms with Gasteiger partial charge in [-0.05, 0) is 43.2 Å². The number of hydrogen-bond donors (Lipinski definition) is 1. The molecule has 0 aliphatic carbocycles. The molecule has 0 radical (unpaired) electrons. The number of aryl methyl sites for hydroxylation is 1. The van der Waals surface area contributed by atoms with Crippen molar-refractivity contribution in [2.75, 3.05) is 7.11 Å². The molecule has 4 rings (SSSR count). The molecule has 0 fully saturated rings. The highest BCUT2D eigenvalue weighted by Gasteiger charge is 2.27. The van der Waals surface area contributed by atoms with E-state index in [9.17, 15) is 4.79 Å². The number of carbonyl (C=O) groups is 1. The van der Waals surface area contributed by atoms with Gasteiger partial charge in [-0.25, -0.2) is 0 Å². The molecule has 0 spiro atoms. The minimum Gasteiger partial charge on any atom is -0.497 e. The van der Waals surface area contributed by atoms with E-state index in [-0.39, 0.29) is 17.6 Å². The van der Waals surface area contributed by atoms with Crippen molar-refractivity contribution in [2.24, 2.45) is 5.92 Å². The van der Waals surface area contributed by atoms with Crippen LogP contribution in [0.2, 0.25) is 0 Å². The number of benzene rings is 1. The molecule has 0 saturated heterocycles. The van der Waals surface area contributed by atoms with Gasteiger partial charge in [-0.15, -0.1) is 0 Å². The molecule has 0 saturated carbocycles. The van der Waals surface area contributed by atoms with Gasteiger partial charge in [0.15, 0.2) is 11.5 Å². The van der Waals surface area contributed by atoms with Gasteiger partial charge in [0.2, 0.25) is 11.7 Å². The van der Waals surface area contributed by atoms with Gasteiger partial charge >= 0.3 is 0 Å². The van der Waals surface area contributed by atoms with Gasteiger partial charge in [0, 0.05) is 10.9 Å². The number of nitrogens with zero attached hydrogens (tertiary/aromatic N) is 2. The standard InChI is InChI=1S/C21H21N3O5/c1-11(2)17(22-20(25)16-6-5-9-27-16)21-23-19(24-29-21)18-12(3)14-10-13(26-4)7-8-15(14)28-18/h5-11,17H,1-4H3,(H,22,25)/t17-/m0/s1. The lowest BCUT2D eigenvalue weighted by Gasteiger charge is -2.17. The second-order valence-corrected chi connectivity index (χ2v) is 7.05. The molecule has 3 heterocycles. The molecule has 1 amide bonds. The lowest BCUT2D eigenvalue weighted by molar-refractivity contribution is 0.0885. The van der Waals surface area contributed by atoms with Crippen molar-refractivity contribution in [2.45, 2.75) is 26.8 Å². The lowest BCUT2D eigenvalue weighted by Crippen LogP contribution is -2.31. The average molecular weight is 395 g/mol. The van der Waals surface area contributed by atoms with Crippen LogP contribution in [0.1, 0.15) is 41.9 Å². The van der Waals surface area contributed by atoms with E-state index in [0.717, 1.165) is 16.7 Å². The number of ether oxygens (including phenoxy) is 1. The minimum absolute atomic E-state index is 0.0169. The fourth-order valence-electron chi connectivity index (χ4n) is 3.13. The van der Waals surface area contributed by atoms with E-state index >= 15 is 0 Å². The fourth-order valence-corrected chi connectivity index (χ4v) is 3.13. The zero-order valence-corrected chi connectivity index (χ0v) is 16.6. The number of rotatable bonds is 6. The third kappa shape index (κ3) is 3.49. The molecule has 0 unspecified atom stereocenters. The summed E-state index contributed by atoms with van der Waals surface area (Å²) in [6.07, 6.45) is 1.45. The van der Waals surface area contributed by atoms with Crippen LogP contribution in [-0.2, 0) is 0 Å². The Kier molecular flexibility index (Phi) is 4.84. The average Bonchev–Trinajstić information content (AvgIpc) is 3.46.